The summed E-state index contributed by atoms with van der Waals surface area (Å²) in [6.45, 7) is 5.79. The van der Waals surface area contributed by atoms with Gasteiger partial charge in [0, 0.05) is 58.9 Å². The number of hydrogen-bond donors (Lipinski definition) is 2. The minimum atomic E-state index is -0.182. The molecule has 0 unspecified atom stereocenters. The molecule has 0 bridgehead atoms. The Morgan fingerprint density at radius 1 is 1.26 bits per heavy atom. The Balaban J connectivity index is 1.54. The molecule has 1 saturated carbocycles. The predicted molar refractivity (Wildman–Crippen MR) is 107 cm³/mol. The van der Waals surface area contributed by atoms with Gasteiger partial charge in [0.25, 0.3) is 0 Å². The highest BCUT2D eigenvalue weighted by Gasteiger charge is 2.32. The first kappa shape index (κ1) is 20.0. The van der Waals surface area contributed by atoms with E-state index in [-0.39, 0.29) is 5.60 Å². The van der Waals surface area contributed by atoms with Crippen LogP contribution in [0.3, 0.4) is 0 Å². The molecule has 2 N–H and O–H groups in total. The van der Waals surface area contributed by atoms with E-state index >= 15 is 0 Å². The van der Waals surface area contributed by atoms with Crippen molar-refractivity contribution in [2.75, 3.05) is 40.5 Å². The van der Waals surface area contributed by atoms with Crippen LogP contribution in [0, 0.1) is 12.8 Å². The summed E-state index contributed by atoms with van der Waals surface area (Å²) in [6.07, 6.45) is 4.37. The third-order valence-corrected chi connectivity index (χ3v) is 5.48. The summed E-state index contributed by atoms with van der Waals surface area (Å²) in [5.74, 6) is 2.49. The topological polar surface area (TPSA) is 64.1 Å². The standard InChI is InChI=1S/C21H33N3O3/c1-16-4-7-18(19(12-16)27-14-17-5-6-17)13-23-20(22-2)24-15-21(25-3)8-10-26-11-9-21/h4,7,12,17H,5-6,8-11,13-15H2,1-3H3,(H2,22,23,24). The SMILES string of the molecule is CN=C(NCc1ccc(C)cc1OCC1CC1)NCC1(OC)CCOCC1. The summed E-state index contributed by atoms with van der Waals surface area (Å²) >= 11 is 0. The second-order valence-corrected chi connectivity index (χ2v) is 7.64. The largest absolute Gasteiger partial charge is 0.493 e. The third-order valence-electron chi connectivity index (χ3n) is 5.48. The Morgan fingerprint density at radius 3 is 2.70 bits per heavy atom. The first-order valence-electron chi connectivity index (χ1n) is 9.94. The van der Waals surface area contributed by atoms with Crippen LogP contribution in [-0.4, -0.2) is 52.1 Å². The molecular weight excluding hydrogens is 342 g/mol. The lowest BCUT2D eigenvalue weighted by Gasteiger charge is -2.36. The number of guanidine groups is 1. The van der Waals surface area contributed by atoms with Gasteiger partial charge in [0.1, 0.15) is 5.75 Å². The van der Waals surface area contributed by atoms with Crippen molar-refractivity contribution < 1.29 is 14.2 Å². The number of aliphatic imine (C=N–C) groups is 1. The van der Waals surface area contributed by atoms with Gasteiger partial charge in [0.05, 0.1) is 12.2 Å². The summed E-state index contributed by atoms with van der Waals surface area (Å²) in [7, 11) is 3.57. The summed E-state index contributed by atoms with van der Waals surface area (Å²) in [5, 5.41) is 6.81. The van der Waals surface area contributed by atoms with Crippen molar-refractivity contribution in [3.8, 4) is 5.75 Å². The smallest absolute Gasteiger partial charge is 0.191 e. The Kier molecular flexibility index (Phi) is 6.96. The van der Waals surface area contributed by atoms with Gasteiger partial charge in [-0.1, -0.05) is 12.1 Å². The zero-order chi connectivity index (χ0) is 19.1. The van der Waals surface area contributed by atoms with E-state index in [0.717, 1.165) is 55.9 Å². The van der Waals surface area contributed by atoms with Crippen molar-refractivity contribution in [3.05, 3.63) is 29.3 Å². The summed E-state index contributed by atoms with van der Waals surface area (Å²) in [4.78, 5) is 4.35. The number of nitrogens with one attached hydrogen (secondary N) is 2. The monoisotopic (exact) mass is 375 g/mol. The second kappa shape index (κ2) is 9.42. The van der Waals surface area contributed by atoms with E-state index < -0.39 is 0 Å². The van der Waals surface area contributed by atoms with E-state index in [1.165, 1.54) is 18.4 Å². The lowest BCUT2D eigenvalue weighted by atomic mass is 9.94. The van der Waals surface area contributed by atoms with E-state index in [2.05, 4.69) is 40.7 Å². The van der Waals surface area contributed by atoms with Crippen LogP contribution in [0.4, 0.5) is 0 Å². The number of nitrogens with zero attached hydrogens (tertiary/aromatic N) is 1. The fourth-order valence-corrected chi connectivity index (χ4v) is 3.28. The van der Waals surface area contributed by atoms with E-state index in [0.29, 0.717) is 13.1 Å². The molecule has 1 saturated heterocycles. The zero-order valence-corrected chi connectivity index (χ0v) is 16.8. The molecule has 27 heavy (non-hydrogen) atoms. The van der Waals surface area contributed by atoms with E-state index in [4.69, 9.17) is 14.2 Å². The number of hydrogen-bond acceptors (Lipinski definition) is 4. The number of ether oxygens (including phenoxy) is 3. The van der Waals surface area contributed by atoms with E-state index in [9.17, 15) is 0 Å². The van der Waals surface area contributed by atoms with Crippen molar-refractivity contribution in [1.29, 1.82) is 0 Å². The van der Waals surface area contributed by atoms with Gasteiger partial charge in [-0.25, -0.2) is 0 Å². The van der Waals surface area contributed by atoms with Gasteiger partial charge in [0.2, 0.25) is 0 Å². The van der Waals surface area contributed by atoms with Crippen LogP contribution < -0.4 is 15.4 Å². The van der Waals surface area contributed by atoms with Crippen LogP contribution in [0.2, 0.25) is 0 Å². The van der Waals surface area contributed by atoms with Gasteiger partial charge < -0.3 is 24.8 Å². The molecule has 0 aromatic heterocycles. The second-order valence-electron chi connectivity index (χ2n) is 7.64. The normalized spacial score (nSPS) is 19.6. The van der Waals surface area contributed by atoms with Gasteiger partial charge in [-0.2, -0.15) is 0 Å². The number of aryl methyl sites for hydroxylation is 1. The molecule has 6 heteroatoms. The number of rotatable bonds is 8. The highest BCUT2D eigenvalue weighted by Crippen LogP contribution is 2.30. The molecule has 150 valence electrons. The highest BCUT2D eigenvalue weighted by molar-refractivity contribution is 5.79. The van der Waals surface area contributed by atoms with Crippen LogP contribution in [0.5, 0.6) is 5.75 Å². The zero-order valence-electron chi connectivity index (χ0n) is 16.8. The molecule has 1 aromatic rings. The van der Waals surface area contributed by atoms with Gasteiger partial charge in [-0.05, 0) is 37.3 Å². The molecule has 1 aliphatic carbocycles. The van der Waals surface area contributed by atoms with Gasteiger partial charge in [0.15, 0.2) is 5.96 Å². The molecule has 0 radical (unpaired) electrons. The molecule has 0 atom stereocenters. The van der Waals surface area contributed by atoms with Crippen molar-refractivity contribution >= 4 is 5.96 Å². The fourth-order valence-electron chi connectivity index (χ4n) is 3.28. The fraction of sp³-hybridized carbons (Fsp3) is 0.667. The molecule has 1 heterocycles. The van der Waals surface area contributed by atoms with Crippen molar-refractivity contribution in [2.45, 2.75) is 44.8 Å². The summed E-state index contributed by atoms with van der Waals surface area (Å²) in [5.41, 5.74) is 2.18. The quantitative estimate of drug-likeness (QED) is 0.540. The van der Waals surface area contributed by atoms with Crippen LogP contribution >= 0.6 is 0 Å². The minimum Gasteiger partial charge on any atom is -0.493 e. The predicted octanol–water partition coefficient (Wildman–Crippen LogP) is 2.64. The average molecular weight is 376 g/mol. The maximum absolute atomic E-state index is 6.06. The molecule has 2 fully saturated rings. The van der Waals surface area contributed by atoms with Crippen LogP contribution in [0.1, 0.15) is 36.8 Å². The van der Waals surface area contributed by atoms with E-state index in [1.54, 1.807) is 14.2 Å². The van der Waals surface area contributed by atoms with Gasteiger partial charge in [-0.3, -0.25) is 4.99 Å². The van der Waals surface area contributed by atoms with Gasteiger partial charge >= 0.3 is 0 Å². The molecule has 1 aromatic carbocycles. The molecule has 0 amide bonds. The minimum absolute atomic E-state index is 0.182. The molecule has 3 rings (SSSR count). The van der Waals surface area contributed by atoms with Crippen LogP contribution in [0.15, 0.2) is 23.2 Å². The summed E-state index contributed by atoms with van der Waals surface area (Å²) < 4.78 is 17.3. The number of benzene rings is 1. The first-order valence-corrected chi connectivity index (χ1v) is 9.94. The summed E-state index contributed by atoms with van der Waals surface area (Å²) in [6, 6.07) is 6.38. The lowest BCUT2D eigenvalue weighted by Crippen LogP contribution is -2.50. The molecule has 0 spiro atoms. The Hall–Kier alpha value is -1.79. The molecular formula is C21H33N3O3. The van der Waals surface area contributed by atoms with Gasteiger partial charge in [-0.15, -0.1) is 0 Å². The third kappa shape index (κ3) is 5.84. The van der Waals surface area contributed by atoms with Crippen molar-refractivity contribution in [1.82, 2.24) is 10.6 Å². The maximum atomic E-state index is 6.06. The average Bonchev–Trinajstić information content (AvgIpc) is 3.53. The lowest BCUT2D eigenvalue weighted by molar-refractivity contribution is -0.0855. The molecule has 6 nitrogen and oxygen atoms in total. The van der Waals surface area contributed by atoms with E-state index in [1.807, 2.05) is 0 Å². The maximum Gasteiger partial charge on any atom is 0.191 e. The molecule has 2 aliphatic rings. The Bertz CT molecular complexity index is 638. The Labute approximate surface area is 162 Å². The van der Waals surface area contributed by atoms with Crippen molar-refractivity contribution in [3.63, 3.8) is 0 Å². The van der Waals surface area contributed by atoms with Crippen molar-refractivity contribution in [2.24, 2.45) is 10.9 Å². The Morgan fingerprint density at radius 2 is 2.04 bits per heavy atom. The first-order chi connectivity index (χ1) is 13.1. The molecule has 1 aliphatic heterocycles. The number of methoxy groups -OCH3 is 1. The van der Waals surface area contributed by atoms with Crippen LogP contribution in [0.25, 0.3) is 0 Å². The van der Waals surface area contributed by atoms with Crippen LogP contribution in [-0.2, 0) is 16.0 Å². The highest BCUT2D eigenvalue weighted by atomic mass is 16.5.